The highest BCUT2D eigenvalue weighted by molar-refractivity contribution is 7.89. The standard InChI is InChI=1S/C12H13N3O3S2/c1-9(16)15-10-3-2-4-11(7-10)20(17,18)14-8-12-13-5-6-19-12/h2-7,14H,8H2,1H3,(H,15,16). The highest BCUT2D eigenvalue weighted by atomic mass is 32.2. The molecule has 0 saturated carbocycles. The molecule has 2 rings (SSSR count). The molecule has 0 aliphatic rings. The second-order valence-corrected chi connectivity index (χ2v) is 6.71. The lowest BCUT2D eigenvalue weighted by Crippen LogP contribution is -2.23. The van der Waals surface area contributed by atoms with Gasteiger partial charge in [-0.1, -0.05) is 6.07 Å². The van der Waals surface area contributed by atoms with Crippen molar-refractivity contribution in [3.05, 3.63) is 40.8 Å². The Balaban J connectivity index is 2.14. The molecule has 106 valence electrons. The fraction of sp³-hybridized carbons (Fsp3) is 0.167. The molecular formula is C12H13N3O3S2. The van der Waals surface area contributed by atoms with Crippen molar-refractivity contribution in [1.82, 2.24) is 9.71 Å². The molecule has 2 N–H and O–H groups in total. The number of carbonyl (C=O) groups is 1. The van der Waals surface area contributed by atoms with Crippen molar-refractivity contribution >= 4 is 33.0 Å². The molecule has 1 aromatic heterocycles. The molecule has 0 fully saturated rings. The van der Waals surface area contributed by atoms with Crippen molar-refractivity contribution < 1.29 is 13.2 Å². The molecule has 0 aliphatic heterocycles. The molecule has 2 aromatic rings. The lowest BCUT2D eigenvalue weighted by atomic mass is 10.3. The molecule has 0 bridgehead atoms. The van der Waals surface area contributed by atoms with E-state index in [1.807, 2.05) is 0 Å². The van der Waals surface area contributed by atoms with Crippen LogP contribution >= 0.6 is 11.3 Å². The monoisotopic (exact) mass is 311 g/mol. The number of sulfonamides is 1. The Hall–Kier alpha value is -1.77. The van der Waals surface area contributed by atoms with E-state index in [9.17, 15) is 13.2 Å². The van der Waals surface area contributed by atoms with Gasteiger partial charge < -0.3 is 5.32 Å². The number of anilines is 1. The van der Waals surface area contributed by atoms with Crippen LogP contribution in [0.4, 0.5) is 5.69 Å². The van der Waals surface area contributed by atoms with Crippen LogP contribution in [-0.4, -0.2) is 19.3 Å². The molecule has 1 aromatic carbocycles. The number of carbonyl (C=O) groups excluding carboxylic acids is 1. The van der Waals surface area contributed by atoms with Crippen molar-refractivity contribution in [1.29, 1.82) is 0 Å². The average Bonchev–Trinajstić information content (AvgIpc) is 2.89. The van der Waals surface area contributed by atoms with Gasteiger partial charge in [-0.3, -0.25) is 4.79 Å². The molecule has 8 heteroatoms. The SMILES string of the molecule is CC(=O)Nc1cccc(S(=O)(=O)NCc2nccs2)c1. The Morgan fingerprint density at radius 2 is 2.20 bits per heavy atom. The van der Waals surface area contributed by atoms with Crippen LogP contribution in [0.15, 0.2) is 40.7 Å². The van der Waals surface area contributed by atoms with Crippen LogP contribution in [0.25, 0.3) is 0 Å². The third kappa shape index (κ3) is 3.86. The first-order valence-corrected chi connectivity index (χ1v) is 8.09. The highest BCUT2D eigenvalue weighted by Gasteiger charge is 2.14. The number of aromatic nitrogens is 1. The van der Waals surface area contributed by atoms with Gasteiger partial charge in [-0.15, -0.1) is 11.3 Å². The van der Waals surface area contributed by atoms with E-state index in [2.05, 4.69) is 15.0 Å². The molecule has 0 spiro atoms. The summed E-state index contributed by atoms with van der Waals surface area (Å²) in [7, 11) is -3.63. The maximum Gasteiger partial charge on any atom is 0.241 e. The summed E-state index contributed by atoms with van der Waals surface area (Å²) in [6, 6.07) is 6.07. The summed E-state index contributed by atoms with van der Waals surface area (Å²) in [5, 5.41) is 5.01. The first kappa shape index (κ1) is 14.6. The molecule has 6 nitrogen and oxygen atoms in total. The van der Waals surface area contributed by atoms with Gasteiger partial charge in [0.05, 0.1) is 11.4 Å². The fourth-order valence-electron chi connectivity index (χ4n) is 1.52. The van der Waals surface area contributed by atoms with E-state index in [1.165, 1.54) is 30.4 Å². The summed E-state index contributed by atoms with van der Waals surface area (Å²) in [5.41, 5.74) is 0.439. The average molecular weight is 311 g/mol. The summed E-state index contributed by atoms with van der Waals surface area (Å²) in [4.78, 5) is 15.1. The zero-order valence-corrected chi connectivity index (χ0v) is 12.3. The van der Waals surface area contributed by atoms with Gasteiger partial charge in [-0.25, -0.2) is 18.1 Å². The topological polar surface area (TPSA) is 88.2 Å². The molecule has 0 saturated heterocycles. The van der Waals surface area contributed by atoms with Crippen LogP contribution < -0.4 is 10.0 Å². The Labute approximate surface area is 120 Å². The summed E-state index contributed by atoms with van der Waals surface area (Å²) in [6.07, 6.45) is 1.62. The number of nitrogens with zero attached hydrogens (tertiary/aromatic N) is 1. The molecule has 0 radical (unpaired) electrons. The van der Waals surface area contributed by atoms with Crippen LogP contribution in [-0.2, 0) is 21.4 Å². The van der Waals surface area contributed by atoms with E-state index < -0.39 is 10.0 Å². The minimum atomic E-state index is -3.63. The lowest BCUT2D eigenvalue weighted by Gasteiger charge is -2.07. The second-order valence-electron chi connectivity index (χ2n) is 3.96. The van der Waals surface area contributed by atoms with E-state index in [0.717, 1.165) is 0 Å². The van der Waals surface area contributed by atoms with Crippen LogP contribution in [0, 0.1) is 0 Å². The molecular weight excluding hydrogens is 298 g/mol. The van der Waals surface area contributed by atoms with Crippen molar-refractivity contribution in [2.45, 2.75) is 18.4 Å². The van der Waals surface area contributed by atoms with Crippen LogP contribution in [0.3, 0.4) is 0 Å². The van der Waals surface area contributed by atoms with Crippen molar-refractivity contribution in [3.63, 3.8) is 0 Å². The highest BCUT2D eigenvalue weighted by Crippen LogP contribution is 2.16. The number of thiazole rings is 1. The maximum atomic E-state index is 12.1. The minimum absolute atomic E-state index is 0.0975. The van der Waals surface area contributed by atoms with Gasteiger partial charge in [0.2, 0.25) is 15.9 Å². The van der Waals surface area contributed by atoms with Gasteiger partial charge in [0.15, 0.2) is 0 Å². The van der Waals surface area contributed by atoms with Gasteiger partial charge in [-0.2, -0.15) is 0 Å². The molecule has 0 aliphatic carbocycles. The second kappa shape index (κ2) is 6.12. The van der Waals surface area contributed by atoms with Gasteiger partial charge in [0, 0.05) is 24.2 Å². The van der Waals surface area contributed by atoms with Crippen LogP contribution in [0.2, 0.25) is 0 Å². The van der Waals surface area contributed by atoms with Crippen molar-refractivity contribution in [3.8, 4) is 0 Å². The molecule has 1 amide bonds. The van der Waals surface area contributed by atoms with Gasteiger partial charge >= 0.3 is 0 Å². The minimum Gasteiger partial charge on any atom is -0.326 e. The molecule has 0 unspecified atom stereocenters. The zero-order chi connectivity index (χ0) is 14.6. The predicted octanol–water partition coefficient (Wildman–Crippen LogP) is 1.58. The number of rotatable bonds is 5. The maximum absolute atomic E-state index is 12.1. The molecule has 1 heterocycles. The smallest absolute Gasteiger partial charge is 0.241 e. The number of hydrogen-bond donors (Lipinski definition) is 2. The van der Waals surface area contributed by atoms with E-state index in [0.29, 0.717) is 10.7 Å². The first-order chi connectivity index (χ1) is 9.47. The fourth-order valence-corrected chi connectivity index (χ4v) is 3.21. The summed E-state index contributed by atoms with van der Waals surface area (Å²) in [5.74, 6) is -0.254. The zero-order valence-electron chi connectivity index (χ0n) is 10.7. The normalized spacial score (nSPS) is 11.2. The molecule has 20 heavy (non-hydrogen) atoms. The largest absolute Gasteiger partial charge is 0.326 e. The predicted molar refractivity (Wildman–Crippen MR) is 76.9 cm³/mol. The Morgan fingerprint density at radius 1 is 1.40 bits per heavy atom. The summed E-state index contributed by atoms with van der Waals surface area (Å²) in [6.45, 7) is 1.51. The number of amides is 1. The van der Waals surface area contributed by atoms with Crippen LogP contribution in [0.1, 0.15) is 11.9 Å². The van der Waals surface area contributed by atoms with Gasteiger partial charge in [0.1, 0.15) is 5.01 Å². The summed E-state index contributed by atoms with van der Waals surface area (Å²) < 4.78 is 26.7. The first-order valence-electron chi connectivity index (χ1n) is 5.73. The molecule has 0 atom stereocenters. The Bertz CT molecular complexity index is 696. The third-order valence-electron chi connectivity index (χ3n) is 2.36. The quantitative estimate of drug-likeness (QED) is 0.877. The Morgan fingerprint density at radius 3 is 2.85 bits per heavy atom. The van der Waals surface area contributed by atoms with Gasteiger partial charge in [0.25, 0.3) is 0 Å². The lowest BCUT2D eigenvalue weighted by molar-refractivity contribution is -0.114. The third-order valence-corrected chi connectivity index (χ3v) is 4.54. The summed E-state index contributed by atoms with van der Waals surface area (Å²) >= 11 is 1.38. The van der Waals surface area contributed by atoms with E-state index in [1.54, 1.807) is 23.7 Å². The number of hydrogen-bond acceptors (Lipinski definition) is 5. The number of benzene rings is 1. The van der Waals surface area contributed by atoms with Crippen molar-refractivity contribution in [2.75, 3.05) is 5.32 Å². The van der Waals surface area contributed by atoms with Gasteiger partial charge in [-0.05, 0) is 18.2 Å². The number of nitrogens with one attached hydrogen (secondary N) is 2. The van der Waals surface area contributed by atoms with Crippen LogP contribution in [0.5, 0.6) is 0 Å². The van der Waals surface area contributed by atoms with E-state index in [-0.39, 0.29) is 17.3 Å². The van der Waals surface area contributed by atoms with E-state index >= 15 is 0 Å². The van der Waals surface area contributed by atoms with E-state index in [4.69, 9.17) is 0 Å². The van der Waals surface area contributed by atoms with Crippen molar-refractivity contribution in [2.24, 2.45) is 0 Å². The Kier molecular flexibility index (Phi) is 4.48.